The van der Waals surface area contributed by atoms with Gasteiger partial charge in [-0.25, -0.2) is 14.5 Å². The van der Waals surface area contributed by atoms with E-state index < -0.39 is 12.1 Å². The molecule has 1 saturated carbocycles. The molecule has 8 rings (SSSR count). The third-order valence-electron chi connectivity index (χ3n) is 14.7. The van der Waals surface area contributed by atoms with Gasteiger partial charge in [-0.1, -0.05) is 53.2 Å². The Labute approximate surface area is 513 Å². The Kier molecular flexibility index (Phi) is 26.3. The third kappa shape index (κ3) is 22.6. The Morgan fingerprint density at radius 1 is 0.721 bits per heavy atom. The van der Waals surface area contributed by atoms with E-state index in [1.807, 2.05) is 78.8 Å². The van der Waals surface area contributed by atoms with E-state index in [4.69, 9.17) is 40.0 Å². The van der Waals surface area contributed by atoms with Crippen LogP contribution in [0.2, 0.25) is 5.02 Å². The summed E-state index contributed by atoms with van der Waals surface area (Å²) in [6.07, 6.45) is 7.57. The number of rotatable bonds is 37. The third-order valence-corrected chi connectivity index (χ3v) is 15.8. The number of unbranched alkanes of at least 4 members (excludes halogenated alkanes) is 1. The zero-order chi connectivity index (χ0) is 60.3. The van der Waals surface area contributed by atoms with Gasteiger partial charge in [0.1, 0.15) is 29.9 Å². The molecule has 86 heavy (non-hydrogen) atoms. The molecule has 21 nitrogen and oxygen atoms in total. The Morgan fingerprint density at radius 3 is 2.13 bits per heavy atom. The molecule has 2 aromatic heterocycles. The Hall–Kier alpha value is -7.18. The van der Waals surface area contributed by atoms with Crippen LogP contribution >= 0.6 is 22.9 Å². The lowest BCUT2D eigenvalue weighted by Crippen LogP contribution is -2.47. The fraction of sp³-hybridized carbons (Fsp3) is 0.476. The summed E-state index contributed by atoms with van der Waals surface area (Å²) >= 11 is 7.37. The Bertz CT molecular complexity index is 3000. The molecule has 462 valence electrons. The summed E-state index contributed by atoms with van der Waals surface area (Å²) in [4.78, 5) is 65.8. The summed E-state index contributed by atoms with van der Waals surface area (Å²) in [6, 6.07) is 28.5. The number of piperazine rings is 1. The minimum atomic E-state index is -0.781. The number of thiazole rings is 1. The molecule has 3 heterocycles. The Balaban J connectivity index is 0.608. The first-order valence-corrected chi connectivity index (χ1v) is 30.9. The number of likely N-dealkylation sites (N-methyl/N-ethyl adjacent to an activating group) is 2. The van der Waals surface area contributed by atoms with Crippen LogP contribution in [0.15, 0.2) is 109 Å². The van der Waals surface area contributed by atoms with Crippen LogP contribution in [0.5, 0.6) is 17.2 Å². The largest absolute Gasteiger partial charge is 0.497 e. The zero-order valence-corrected chi connectivity index (χ0v) is 51.2. The maximum atomic E-state index is 14.1. The second-order valence-corrected chi connectivity index (χ2v) is 22.8. The molecule has 2 fully saturated rings. The van der Waals surface area contributed by atoms with Crippen molar-refractivity contribution >= 4 is 57.5 Å². The van der Waals surface area contributed by atoms with Crippen LogP contribution in [0.25, 0.3) is 0 Å². The maximum Gasteiger partial charge on any atom is 0.325 e. The van der Waals surface area contributed by atoms with Gasteiger partial charge >= 0.3 is 6.03 Å². The lowest BCUT2D eigenvalue weighted by atomic mass is 10.0. The first-order chi connectivity index (χ1) is 41.9. The van der Waals surface area contributed by atoms with Crippen molar-refractivity contribution in [2.45, 2.75) is 70.5 Å². The van der Waals surface area contributed by atoms with E-state index in [9.17, 15) is 19.2 Å². The average Bonchev–Trinajstić information content (AvgIpc) is 3.16. The van der Waals surface area contributed by atoms with Gasteiger partial charge in [-0.15, -0.1) is 16.4 Å². The monoisotopic (exact) mass is 1220 g/mol. The van der Waals surface area contributed by atoms with Crippen molar-refractivity contribution in [3.8, 4) is 17.2 Å². The minimum absolute atomic E-state index is 0.0463. The molecule has 3 N–H and O–H groups in total. The van der Waals surface area contributed by atoms with E-state index in [-0.39, 0.29) is 30.6 Å². The van der Waals surface area contributed by atoms with Gasteiger partial charge in [-0.3, -0.25) is 19.7 Å². The van der Waals surface area contributed by atoms with Crippen LogP contribution in [0, 0.1) is 5.92 Å². The molecule has 1 atom stereocenters. The van der Waals surface area contributed by atoms with E-state index in [0.717, 1.165) is 80.0 Å². The molecular weight excluding hydrogens is 1140 g/mol. The number of hydrogen-bond acceptors (Lipinski definition) is 16. The van der Waals surface area contributed by atoms with Crippen molar-refractivity contribution < 1.29 is 47.6 Å². The molecule has 0 bridgehead atoms. The van der Waals surface area contributed by atoms with E-state index in [0.29, 0.717) is 137 Å². The number of amides is 5. The number of aryl methyl sites for hydroxylation is 1. The summed E-state index contributed by atoms with van der Waals surface area (Å²) < 4.78 is 36.4. The van der Waals surface area contributed by atoms with Gasteiger partial charge in [0.2, 0.25) is 17.7 Å². The standard InChI is InChI=1S/C63H82ClN11O10S/c1-71(27-4-5-34-84-56-19-10-47(11-20-56)12-25-58(76)75(44-49-6-7-49)60(50-13-21-55(80-3)22-14-50)61(78)65-43-48-8-15-51(64)16-9-48)32-36-82-39-38-81-35-26-53-45-74(70-69-53)33-37-83-40-41-85-57-23-17-52(18-24-57)66-62(79)68-63-67-54(46-86-63)42-59(77)73-30-28-72(2)29-31-73/h8-11,13-24,45-46,49,60H,4-7,12,25-44H2,1-3H3,(H,65,78)(H2,66,67,68,79). The SMILES string of the molecule is COc1ccc(C(C(=O)NCc2ccc(Cl)cc2)N(CC2CC2)C(=O)CCc2ccc(OCCCCN(C)CCOCCOCCc3cn(CCOCCOc4ccc(NC(=O)Nc5nc(CC(=O)N6CCN(C)CC6)cs5)cc4)nn3)cc2)cc1. The predicted octanol–water partition coefficient (Wildman–Crippen LogP) is 8.05. The lowest BCUT2D eigenvalue weighted by Gasteiger charge is -2.32. The number of carbonyl (C=O) groups is 4. The summed E-state index contributed by atoms with van der Waals surface area (Å²) in [5.74, 6) is 2.26. The highest BCUT2D eigenvalue weighted by molar-refractivity contribution is 7.14. The van der Waals surface area contributed by atoms with Crippen molar-refractivity contribution in [2.75, 3.05) is 131 Å². The molecule has 5 amide bonds. The van der Waals surface area contributed by atoms with Crippen LogP contribution in [0.4, 0.5) is 15.6 Å². The van der Waals surface area contributed by atoms with Crippen LogP contribution in [0.1, 0.15) is 66.2 Å². The molecule has 23 heteroatoms. The molecular formula is C63H82ClN11O10S. The fourth-order valence-corrected chi connectivity index (χ4v) is 10.3. The second-order valence-electron chi connectivity index (χ2n) is 21.5. The van der Waals surface area contributed by atoms with Crippen LogP contribution < -0.4 is 30.2 Å². The van der Waals surface area contributed by atoms with Gasteiger partial charge in [0.15, 0.2) is 5.13 Å². The molecule has 1 aliphatic carbocycles. The molecule has 4 aromatic carbocycles. The molecule has 1 unspecified atom stereocenters. The van der Waals surface area contributed by atoms with Gasteiger partial charge in [-0.05, 0) is 136 Å². The number of nitrogens with one attached hydrogen (secondary N) is 3. The number of carbonyl (C=O) groups excluding carboxylic acids is 4. The van der Waals surface area contributed by atoms with Gasteiger partial charge in [0.25, 0.3) is 0 Å². The summed E-state index contributed by atoms with van der Waals surface area (Å²) in [5, 5.41) is 19.9. The number of nitrogens with zero attached hydrogens (tertiary/aromatic N) is 8. The van der Waals surface area contributed by atoms with Crippen molar-refractivity contribution in [1.82, 2.24) is 44.9 Å². The molecule has 0 spiro atoms. The lowest BCUT2D eigenvalue weighted by molar-refractivity contribution is -0.141. The number of ether oxygens (including phenoxy) is 6. The van der Waals surface area contributed by atoms with Gasteiger partial charge in [0.05, 0.1) is 77.7 Å². The average molecular weight is 1220 g/mol. The van der Waals surface area contributed by atoms with Gasteiger partial charge in [0, 0.05) is 80.9 Å². The smallest absolute Gasteiger partial charge is 0.325 e. The van der Waals surface area contributed by atoms with Crippen LogP contribution in [-0.4, -0.2) is 183 Å². The molecule has 1 aliphatic heterocycles. The normalized spacial score (nSPS) is 13.8. The van der Waals surface area contributed by atoms with Crippen molar-refractivity contribution in [3.63, 3.8) is 0 Å². The number of halogens is 1. The van der Waals surface area contributed by atoms with Crippen molar-refractivity contribution in [3.05, 3.63) is 142 Å². The molecule has 6 aromatic rings. The molecule has 1 saturated heterocycles. The number of methoxy groups -OCH3 is 1. The summed E-state index contributed by atoms with van der Waals surface area (Å²) in [6.45, 7) is 10.3. The van der Waals surface area contributed by atoms with E-state index in [2.05, 4.69) is 48.1 Å². The van der Waals surface area contributed by atoms with Crippen LogP contribution in [-0.2, 0) is 60.9 Å². The van der Waals surface area contributed by atoms with Crippen LogP contribution in [0.3, 0.4) is 0 Å². The second kappa shape index (κ2) is 34.8. The van der Waals surface area contributed by atoms with Crippen molar-refractivity contribution in [2.24, 2.45) is 5.92 Å². The fourth-order valence-electron chi connectivity index (χ4n) is 9.43. The number of urea groups is 1. The van der Waals surface area contributed by atoms with Crippen molar-refractivity contribution in [1.29, 1.82) is 0 Å². The zero-order valence-electron chi connectivity index (χ0n) is 49.7. The Morgan fingerprint density at radius 2 is 1.40 bits per heavy atom. The summed E-state index contributed by atoms with van der Waals surface area (Å²) in [7, 11) is 5.75. The van der Waals surface area contributed by atoms with E-state index in [1.165, 1.54) is 11.3 Å². The van der Waals surface area contributed by atoms with Gasteiger partial charge in [-0.2, -0.15) is 0 Å². The predicted molar refractivity (Wildman–Crippen MR) is 331 cm³/mol. The number of hydrogen-bond donors (Lipinski definition) is 3. The molecule has 2 aliphatic rings. The highest BCUT2D eigenvalue weighted by atomic mass is 35.5. The minimum Gasteiger partial charge on any atom is -0.497 e. The van der Waals surface area contributed by atoms with E-state index in [1.54, 1.807) is 58.5 Å². The first-order valence-electron chi connectivity index (χ1n) is 29.6. The summed E-state index contributed by atoms with van der Waals surface area (Å²) in [5.41, 5.74) is 4.76. The topological polar surface area (TPSA) is 216 Å². The first kappa shape index (κ1) is 64.8. The highest BCUT2D eigenvalue weighted by Gasteiger charge is 2.36. The molecule has 0 radical (unpaired) electrons. The number of aromatic nitrogens is 4. The highest BCUT2D eigenvalue weighted by Crippen LogP contribution is 2.34. The van der Waals surface area contributed by atoms with Gasteiger partial charge < -0.3 is 58.7 Å². The number of anilines is 2. The number of benzene rings is 4. The van der Waals surface area contributed by atoms with E-state index >= 15 is 0 Å². The quantitative estimate of drug-likeness (QED) is 0.0315. The maximum absolute atomic E-state index is 14.1.